The Labute approximate surface area is 206 Å². The van der Waals surface area contributed by atoms with E-state index in [4.69, 9.17) is 4.74 Å². The van der Waals surface area contributed by atoms with Crippen molar-refractivity contribution in [1.29, 1.82) is 0 Å². The fraction of sp³-hybridized carbons (Fsp3) is 0.321. The van der Waals surface area contributed by atoms with Crippen molar-refractivity contribution in [3.05, 3.63) is 90.9 Å². The molecule has 182 valence electrons. The number of benzene rings is 2. The number of fused-ring (bicyclic) bond motifs is 1. The van der Waals surface area contributed by atoms with Crippen molar-refractivity contribution < 1.29 is 14.6 Å². The number of cyclic esters (lactones) is 1. The maximum absolute atomic E-state index is 12.5. The lowest BCUT2D eigenvalue weighted by molar-refractivity contribution is -0.0309. The monoisotopic (exact) mass is 472 g/mol. The van der Waals surface area contributed by atoms with E-state index in [0.717, 1.165) is 28.8 Å². The van der Waals surface area contributed by atoms with Gasteiger partial charge in [-0.2, -0.15) is 5.10 Å². The summed E-state index contributed by atoms with van der Waals surface area (Å²) in [5, 5.41) is 14.1. The molecule has 1 aliphatic heterocycles. The zero-order chi connectivity index (χ0) is 24.8. The van der Waals surface area contributed by atoms with Crippen LogP contribution in [0, 0.1) is 0 Å². The van der Waals surface area contributed by atoms with Crippen molar-refractivity contribution in [3.63, 3.8) is 0 Å². The van der Waals surface area contributed by atoms with Gasteiger partial charge in [0.2, 0.25) is 0 Å². The number of carbonyl (C=O) groups excluding carboxylic acids is 1. The Kier molecular flexibility index (Phi) is 7.46. The quantitative estimate of drug-likeness (QED) is 0.414. The smallest absolute Gasteiger partial charge is 0.410 e. The lowest BCUT2D eigenvalue weighted by Gasteiger charge is -2.37. The van der Waals surface area contributed by atoms with Gasteiger partial charge in [-0.1, -0.05) is 60.7 Å². The fourth-order valence-electron chi connectivity index (χ4n) is 4.20. The average Bonchev–Trinajstić information content (AvgIpc) is 3.32. The molecule has 1 amide bonds. The first-order chi connectivity index (χ1) is 16.8. The van der Waals surface area contributed by atoms with Gasteiger partial charge >= 0.3 is 6.09 Å². The maximum atomic E-state index is 12.5. The number of rotatable bonds is 5. The number of amides is 1. The molecule has 2 atom stereocenters. The molecule has 1 fully saturated rings. The minimum atomic E-state index is -0.843. The summed E-state index contributed by atoms with van der Waals surface area (Å²) in [4.78, 5) is 18.4. The topological polar surface area (TPSA) is 80.0 Å². The molecule has 0 aliphatic carbocycles. The Bertz CT molecular complexity index is 1210. The maximum Gasteiger partial charge on any atom is 0.410 e. The summed E-state index contributed by atoms with van der Waals surface area (Å²) in [6, 6.07) is 24.1. The summed E-state index contributed by atoms with van der Waals surface area (Å²) in [6.45, 7) is 6.09. The normalized spacial score (nSPS) is 16.9. The molecule has 2 aromatic heterocycles. The minimum absolute atomic E-state index is 0.0857. The van der Waals surface area contributed by atoms with E-state index in [9.17, 15) is 9.90 Å². The highest BCUT2D eigenvalue weighted by Crippen LogP contribution is 2.29. The van der Waals surface area contributed by atoms with Gasteiger partial charge in [-0.05, 0) is 44.0 Å². The zero-order valence-corrected chi connectivity index (χ0v) is 20.4. The average molecular weight is 473 g/mol. The van der Waals surface area contributed by atoms with Gasteiger partial charge in [0.1, 0.15) is 12.4 Å². The lowest BCUT2D eigenvalue weighted by atomic mass is 9.97. The second kappa shape index (κ2) is 10.7. The Morgan fingerprint density at radius 1 is 1.03 bits per heavy atom. The van der Waals surface area contributed by atoms with E-state index in [0.29, 0.717) is 13.0 Å². The van der Waals surface area contributed by atoms with Crippen LogP contribution >= 0.6 is 0 Å². The number of hydrogen-bond donors (Lipinski definition) is 1. The van der Waals surface area contributed by atoms with Crippen LogP contribution in [-0.4, -0.2) is 48.9 Å². The number of aliphatic hydroxyl groups is 1. The first-order valence-corrected chi connectivity index (χ1v) is 11.9. The van der Waals surface area contributed by atoms with Crippen LogP contribution in [0.3, 0.4) is 0 Å². The molecular weight excluding hydrogens is 440 g/mol. The van der Waals surface area contributed by atoms with Gasteiger partial charge in [0.15, 0.2) is 5.65 Å². The summed E-state index contributed by atoms with van der Waals surface area (Å²) >= 11 is 0. The molecule has 1 N–H and O–H groups in total. The third kappa shape index (κ3) is 6.45. The molecule has 1 saturated heterocycles. The lowest BCUT2D eigenvalue weighted by Crippen LogP contribution is -2.45. The largest absolute Gasteiger partial charge is 0.446 e. The van der Waals surface area contributed by atoms with Crippen LogP contribution in [-0.2, 0) is 4.74 Å². The summed E-state index contributed by atoms with van der Waals surface area (Å²) in [5.41, 5.74) is 3.14. The molecule has 0 bridgehead atoms. The molecule has 2 unspecified atom stereocenters. The molecule has 35 heavy (non-hydrogen) atoms. The van der Waals surface area contributed by atoms with Crippen LogP contribution in [0.25, 0.3) is 16.8 Å². The molecule has 0 spiro atoms. The van der Waals surface area contributed by atoms with Gasteiger partial charge in [0, 0.05) is 31.1 Å². The number of ether oxygens (including phenoxy) is 1. The predicted octanol–water partition coefficient (Wildman–Crippen LogP) is 5.52. The van der Waals surface area contributed by atoms with Gasteiger partial charge in [0.05, 0.1) is 11.6 Å². The predicted molar refractivity (Wildman–Crippen MR) is 136 cm³/mol. The van der Waals surface area contributed by atoms with Crippen LogP contribution in [0.4, 0.5) is 4.79 Å². The minimum Gasteiger partial charge on any atom is -0.446 e. The zero-order valence-electron chi connectivity index (χ0n) is 20.4. The van der Waals surface area contributed by atoms with Crippen molar-refractivity contribution >= 4 is 11.7 Å². The van der Waals surface area contributed by atoms with Gasteiger partial charge in [-0.15, -0.1) is 0 Å². The number of aromatic nitrogens is 3. The summed E-state index contributed by atoms with van der Waals surface area (Å²) in [6.07, 6.45) is 4.10. The van der Waals surface area contributed by atoms with E-state index in [1.807, 2.05) is 73.8 Å². The van der Waals surface area contributed by atoms with E-state index in [2.05, 4.69) is 22.2 Å². The number of nitrogens with zero attached hydrogens (tertiary/aromatic N) is 4. The highest BCUT2D eigenvalue weighted by atomic mass is 16.6. The van der Waals surface area contributed by atoms with E-state index < -0.39 is 5.60 Å². The molecule has 7 heteroatoms. The van der Waals surface area contributed by atoms with Crippen molar-refractivity contribution in [2.24, 2.45) is 0 Å². The fourth-order valence-corrected chi connectivity index (χ4v) is 4.20. The van der Waals surface area contributed by atoms with Crippen LogP contribution in [0.5, 0.6) is 0 Å². The van der Waals surface area contributed by atoms with E-state index in [-0.39, 0.29) is 18.2 Å². The molecule has 0 saturated carbocycles. The van der Waals surface area contributed by atoms with Crippen molar-refractivity contribution in [2.75, 3.05) is 6.54 Å². The first kappa shape index (κ1) is 24.4. The number of carbonyl (C=O) groups is 1. The van der Waals surface area contributed by atoms with Crippen molar-refractivity contribution in [2.45, 2.75) is 51.4 Å². The second-order valence-electron chi connectivity index (χ2n) is 9.44. The van der Waals surface area contributed by atoms with Crippen LogP contribution < -0.4 is 0 Å². The Morgan fingerprint density at radius 2 is 1.66 bits per heavy atom. The Hall–Kier alpha value is -3.71. The molecule has 0 radical (unpaired) electrons. The molecular formula is C28H32N4O3. The van der Waals surface area contributed by atoms with Crippen LogP contribution in [0.1, 0.15) is 45.2 Å². The SMILES string of the molecule is CC(c1ccc(-c2ccc3ncnn3c2)cc1)N1CCC(CC(C)(C)O)OC1=O.c1ccccc1. The van der Waals surface area contributed by atoms with Crippen LogP contribution in [0.15, 0.2) is 85.3 Å². The van der Waals surface area contributed by atoms with E-state index in [1.54, 1.807) is 23.3 Å². The first-order valence-electron chi connectivity index (χ1n) is 11.9. The number of hydrogen-bond acceptors (Lipinski definition) is 5. The Morgan fingerprint density at radius 3 is 2.26 bits per heavy atom. The standard InChI is InChI=1S/C22H26N4O3.C6H6/c1-15(25-11-10-19(29-21(25)27)12-22(2,3)28)16-4-6-17(7-5-16)18-8-9-20-23-14-24-26(20)13-18;1-2-4-6-5-3-1/h4-9,13-15,19,28H,10-12H2,1-3H3;1-6H. The summed E-state index contributed by atoms with van der Waals surface area (Å²) in [7, 11) is 0. The van der Waals surface area contributed by atoms with E-state index >= 15 is 0 Å². The summed E-state index contributed by atoms with van der Waals surface area (Å²) < 4.78 is 7.30. The van der Waals surface area contributed by atoms with Gasteiger partial charge in [0.25, 0.3) is 0 Å². The van der Waals surface area contributed by atoms with E-state index in [1.165, 1.54) is 6.33 Å². The van der Waals surface area contributed by atoms with Crippen LogP contribution in [0.2, 0.25) is 0 Å². The molecule has 3 heterocycles. The molecule has 2 aromatic carbocycles. The van der Waals surface area contributed by atoms with Gasteiger partial charge < -0.3 is 14.7 Å². The van der Waals surface area contributed by atoms with Crippen molar-refractivity contribution in [3.8, 4) is 11.1 Å². The Balaban J connectivity index is 0.000000421. The third-order valence-corrected chi connectivity index (χ3v) is 6.06. The van der Waals surface area contributed by atoms with Gasteiger partial charge in [-0.3, -0.25) is 0 Å². The molecule has 5 rings (SSSR count). The highest BCUT2D eigenvalue weighted by molar-refractivity contribution is 5.69. The molecule has 1 aliphatic rings. The molecule has 7 nitrogen and oxygen atoms in total. The summed E-state index contributed by atoms with van der Waals surface area (Å²) in [5.74, 6) is 0. The number of pyridine rings is 1. The third-order valence-electron chi connectivity index (χ3n) is 6.06. The van der Waals surface area contributed by atoms with Crippen molar-refractivity contribution in [1.82, 2.24) is 19.5 Å². The second-order valence-corrected chi connectivity index (χ2v) is 9.44. The highest BCUT2D eigenvalue weighted by Gasteiger charge is 2.33. The molecule has 4 aromatic rings. The van der Waals surface area contributed by atoms with Gasteiger partial charge in [-0.25, -0.2) is 14.3 Å².